The smallest absolute Gasteiger partial charge is 0.342 e. The summed E-state index contributed by atoms with van der Waals surface area (Å²) in [6.45, 7) is 3.86. The molecule has 5 heterocycles. The SMILES string of the molecule is CC(C)c1c(C(=O)OCc2nnc3n(C)c(=O)c4sccc4n23)cnn1-c1ccccn1. The average Bonchev–Trinajstić information content (AvgIpc) is 3.54. The lowest BCUT2D eigenvalue weighted by Crippen LogP contribution is -2.19. The number of pyridine rings is 1. The van der Waals surface area contributed by atoms with Crippen molar-refractivity contribution in [3.05, 3.63) is 69.5 Å². The molecule has 162 valence electrons. The largest absolute Gasteiger partial charge is 0.454 e. The lowest BCUT2D eigenvalue weighted by molar-refractivity contribution is 0.0459. The number of hydrogen-bond acceptors (Lipinski definition) is 8. The summed E-state index contributed by atoms with van der Waals surface area (Å²) in [6.07, 6.45) is 3.17. The van der Waals surface area contributed by atoms with Crippen LogP contribution in [-0.4, -0.2) is 39.9 Å². The van der Waals surface area contributed by atoms with Gasteiger partial charge >= 0.3 is 5.97 Å². The molecule has 0 atom stereocenters. The van der Waals surface area contributed by atoms with Crippen LogP contribution in [0.4, 0.5) is 0 Å². The molecule has 0 bridgehead atoms. The number of esters is 1. The Morgan fingerprint density at radius 2 is 2.06 bits per heavy atom. The molecule has 0 aliphatic rings. The highest BCUT2D eigenvalue weighted by Crippen LogP contribution is 2.24. The maximum Gasteiger partial charge on any atom is 0.342 e. The van der Waals surface area contributed by atoms with Crippen LogP contribution < -0.4 is 5.56 Å². The van der Waals surface area contributed by atoms with Crippen LogP contribution in [-0.2, 0) is 18.4 Å². The molecule has 32 heavy (non-hydrogen) atoms. The summed E-state index contributed by atoms with van der Waals surface area (Å²) in [6, 6.07) is 7.34. The Labute approximate surface area is 185 Å². The summed E-state index contributed by atoms with van der Waals surface area (Å²) in [4.78, 5) is 29.8. The van der Waals surface area contributed by atoms with E-state index in [2.05, 4.69) is 20.3 Å². The Morgan fingerprint density at radius 1 is 1.22 bits per heavy atom. The summed E-state index contributed by atoms with van der Waals surface area (Å²) in [7, 11) is 1.64. The molecule has 11 heteroatoms. The Bertz CT molecular complexity index is 1510. The van der Waals surface area contributed by atoms with Crippen LogP contribution in [0, 0.1) is 0 Å². The first-order valence-electron chi connectivity index (χ1n) is 9.94. The number of carbonyl (C=O) groups is 1. The van der Waals surface area contributed by atoms with E-state index >= 15 is 0 Å². The van der Waals surface area contributed by atoms with Gasteiger partial charge in [-0.05, 0) is 29.5 Å². The van der Waals surface area contributed by atoms with Crippen LogP contribution in [0.5, 0.6) is 0 Å². The molecular formula is C21H19N7O3S. The molecule has 5 rings (SSSR count). The quantitative estimate of drug-likeness (QED) is 0.380. The van der Waals surface area contributed by atoms with Gasteiger partial charge in [0.25, 0.3) is 5.56 Å². The van der Waals surface area contributed by atoms with E-state index in [0.29, 0.717) is 38.9 Å². The molecule has 0 saturated carbocycles. The predicted molar refractivity (Wildman–Crippen MR) is 118 cm³/mol. The maximum atomic E-state index is 13.0. The van der Waals surface area contributed by atoms with Gasteiger partial charge in [-0.15, -0.1) is 21.5 Å². The van der Waals surface area contributed by atoms with Gasteiger partial charge in [-0.1, -0.05) is 19.9 Å². The number of rotatable bonds is 5. The lowest BCUT2D eigenvalue weighted by atomic mass is 10.1. The van der Waals surface area contributed by atoms with E-state index in [-0.39, 0.29) is 18.1 Å². The lowest BCUT2D eigenvalue weighted by Gasteiger charge is -2.12. The Balaban J connectivity index is 1.48. The van der Waals surface area contributed by atoms with Crippen molar-refractivity contribution in [3.63, 3.8) is 0 Å². The van der Waals surface area contributed by atoms with Gasteiger partial charge in [-0.25, -0.2) is 14.5 Å². The van der Waals surface area contributed by atoms with Crippen molar-refractivity contribution in [2.75, 3.05) is 0 Å². The van der Waals surface area contributed by atoms with Crippen molar-refractivity contribution in [1.29, 1.82) is 0 Å². The molecule has 0 spiro atoms. The third kappa shape index (κ3) is 3.09. The van der Waals surface area contributed by atoms with Crippen LogP contribution in [0.3, 0.4) is 0 Å². The van der Waals surface area contributed by atoms with Gasteiger partial charge in [0.05, 0.1) is 17.4 Å². The molecule has 0 unspecified atom stereocenters. The molecule has 5 aromatic heterocycles. The fourth-order valence-corrected chi connectivity index (χ4v) is 4.54. The van der Waals surface area contributed by atoms with Gasteiger partial charge in [0, 0.05) is 13.2 Å². The molecule has 5 aromatic rings. The first kappa shape index (κ1) is 20.1. The second-order valence-corrected chi connectivity index (χ2v) is 8.44. The van der Waals surface area contributed by atoms with Gasteiger partial charge in [0.1, 0.15) is 10.3 Å². The highest BCUT2D eigenvalue weighted by molar-refractivity contribution is 7.17. The fourth-order valence-electron chi connectivity index (χ4n) is 3.69. The highest BCUT2D eigenvalue weighted by atomic mass is 32.1. The topological polar surface area (TPSA) is 109 Å². The molecule has 0 aromatic carbocycles. The van der Waals surface area contributed by atoms with Crippen LogP contribution in [0.2, 0.25) is 0 Å². The fraction of sp³-hybridized carbons (Fsp3) is 0.238. The van der Waals surface area contributed by atoms with Gasteiger partial charge in [0.2, 0.25) is 5.78 Å². The molecule has 0 fully saturated rings. The van der Waals surface area contributed by atoms with Crippen molar-refractivity contribution >= 4 is 33.3 Å². The normalized spacial score (nSPS) is 11.6. The van der Waals surface area contributed by atoms with Crippen molar-refractivity contribution in [1.82, 2.24) is 33.9 Å². The Morgan fingerprint density at radius 3 is 2.81 bits per heavy atom. The zero-order chi connectivity index (χ0) is 22.4. The number of hydrogen-bond donors (Lipinski definition) is 0. The minimum Gasteiger partial charge on any atom is -0.454 e. The Hall–Kier alpha value is -3.86. The molecule has 0 amide bonds. The van der Waals surface area contributed by atoms with E-state index in [9.17, 15) is 9.59 Å². The third-order valence-corrected chi connectivity index (χ3v) is 6.06. The summed E-state index contributed by atoms with van der Waals surface area (Å²) >= 11 is 1.35. The van der Waals surface area contributed by atoms with E-state index in [1.807, 2.05) is 43.5 Å². The number of aromatic nitrogens is 7. The summed E-state index contributed by atoms with van der Waals surface area (Å²) in [5.74, 6) is 0.933. The molecule has 0 saturated heterocycles. The zero-order valence-corrected chi connectivity index (χ0v) is 18.4. The van der Waals surface area contributed by atoms with Gasteiger partial charge in [0.15, 0.2) is 18.2 Å². The van der Waals surface area contributed by atoms with E-state index in [4.69, 9.17) is 4.74 Å². The van der Waals surface area contributed by atoms with E-state index in [1.165, 1.54) is 22.1 Å². The van der Waals surface area contributed by atoms with Crippen LogP contribution in [0.25, 0.3) is 21.8 Å². The van der Waals surface area contributed by atoms with E-state index in [1.54, 1.807) is 22.3 Å². The van der Waals surface area contributed by atoms with Crippen molar-refractivity contribution in [3.8, 4) is 5.82 Å². The molecule has 0 aliphatic carbocycles. The number of nitrogens with zero attached hydrogens (tertiary/aromatic N) is 7. The molecule has 0 radical (unpaired) electrons. The number of fused-ring (bicyclic) bond motifs is 3. The molecule has 0 aliphatic heterocycles. The number of aryl methyl sites for hydroxylation is 1. The summed E-state index contributed by atoms with van der Waals surface area (Å²) in [5, 5.41) is 14.5. The minimum atomic E-state index is -0.515. The van der Waals surface area contributed by atoms with Crippen LogP contribution in [0.1, 0.15) is 41.6 Å². The van der Waals surface area contributed by atoms with Crippen molar-refractivity contribution in [2.24, 2.45) is 7.05 Å². The second-order valence-electron chi connectivity index (χ2n) is 7.52. The van der Waals surface area contributed by atoms with Gasteiger partial charge < -0.3 is 4.74 Å². The van der Waals surface area contributed by atoms with Crippen molar-refractivity contribution in [2.45, 2.75) is 26.4 Å². The third-order valence-electron chi connectivity index (χ3n) is 5.17. The second kappa shape index (κ2) is 7.68. The van der Waals surface area contributed by atoms with Gasteiger partial charge in [-0.2, -0.15) is 5.10 Å². The first-order valence-corrected chi connectivity index (χ1v) is 10.8. The average molecular weight is 449 g/mol. The standard InChI is InChI=1S/C21H19N7O3S/c1-12(2)17-13(10-23-28(17)15-6-4-5-8-22-15)20(30)31-11-16-24-25-21-26(3)19(29)18-14(27(16)21)7-9-32-18/h4-10,12H,11H2,1-3H3. The van der Waals surface area contributed by atoms with E-state index in [0.717, 1.165) is 0 Å². The van der Waals surface area contributed by atoms with Crippen molar-refractivity contribution < 1.29 is 9.53 Å². The van der Waals surface area contributed by atoms with Crippen LogP contribution in [0.15, 0.2) is 46.8 Å². The Kier molecular flexibility index (Phi) is 4.82. The monoisotopic (exact) mass is 449 g/mol. The summed E-state index contributed by atoms with van der Waals surface area (Å²) in [5.41, 5.74) is 1.63. The highest BCUT2D eigenvalue weighted by Gasteiger charge is 2.23. The number of carbonyl (C=O) groups excluding carboxylic acids is 1. The maximum absolute atomic E-state index is 13.0. The number of thiophene rings is 1. The molecule has 10 nitrogen and oxygen atoms in total. The predicted octanol–water partition coefficient (Wildman–Crippen LogP) is 2.70. The van der Waals surface area contributed by atoms with Gasteiger partial charge in [-0.3, -0.25) is 13.8 Å². The van der Waals surface area contributed by atoms with E-state index < -0.39 is 5.97 Å². The van der Waals surface area contributed by atoms with Crippen LogP contribution >= 0.6 is 11.3 Å². The molecule has 0 N–H and O–H groups in total. The number of ether oxygens (including phenoxy) is 1. The first-order chi connectivity index (χ1) is 15.5. The minimum absolute atomic E-state index is 0.0101. The molecular weight excluding hydrogens is 430 g/mol. The zero-order valence-electron chi connectivity index (χ0n) is 17.6. The summed E-state index contributed by atoms with van der Waals surface area (Å²) < 4.78 is 11.0.